The van der Waals surface area contributed by atoms with E-state index in [0.717, 1.165) is 31.0 Å². The van der Waals surface area contributed by atoms with Crippen molar-refractivity contribution in [2.45, 2.75) is 33.2 Å². The van der Waals surface area contributed by atoms with Gasteiger partial charge in [-0.3, -0.25) is 4.98 Å². The molecule has 0 aliphatic heterocycles. The Morgan fingerprint density at radius 1 is 1.14 bits per heavy atom. The van der Waals surface area contributed by atoms with Crippen LogP contribution in [0.1, 0.15) is 43.1 Å². The zero-order valence-electron chi connectivity index (χ0n) is 13.1. The minimum absolute atomic E-state index is 0.122. The number of aryl methyl sites for hydroxylation is 1. The standard InChI is InChI=1S/C18H24N2O/c1-4-13-21-16-10-8-15(9-11-16)18(19-5-2)17-14(3)7-6-12-20-17/h6-12,18-19H,4-5,13H2,1-3H3. The van der Waals surface area contributed by atoms with Crippen LogP contribution in [0.5, 0.6) is 5.75 Å². The summed E-state index contributed by atoms with van der Waals surface area (Å²) in [4.78, 5) is 4.55. The van der Waals surface area contributed by atoms with Gasteiger partial charge in [-0.2, -0.15) is 0 Å². The smallest absolute Gasteiger partial charge is 0.119 e. The highest BCUT2D eigenvalue weighted by atomic mass is 16.5. The summed E-state index contributed by atoms with van der Waals surface area (Å²) in [5, 5.41) is 3.52. The molecular formula is C18H24N2O. The zero-order valence-corrected chi connectivity index (χ0v) is 13.1. The molecule has 1 atom stereocenters. The molecule has 3 nitrogen and oxygen atoms in total. The highest BCUT2D eigenvalue weighted by Gasteiger charge is 2.16. The van der Waals surface area contributed by atoms with Crippen molar-refractivity contribution in [1.82, 2.24) is 10.3 Å². The molecule has 1 N–H and O–H groups in total. The van der Waals surface area contributed by atoms with Crippen LogP contribution >= 0.6 is 0 Å². The summed E-state index contributed by atoms with van der Waals surface area (Å²) in [5.74, 6) is 0.925. The van der Waals surface area contributed by atoms with E-state index in [9.17, 15) is 0 Å². The second-order valence-electron chi connectivity index (χ2n) is 5.11. The number of ether oxygens (including phenoxy) is 1. The first-order valence-corrected chi connectivity index (χ1v) is 7.64. The van der Waals surface area contributed by atoms with Gasteiger partial charge in [-0.15, -0.1) is 0 Å². The fourth-order valence-corrected chi connectivity index (χ4v) is 2.35. The third-order valence-corrected chi connectivity index (χ3v) is 3.42. The van der Waals surface area contributed by atoms with Gasteiger partial charge in [0.2, 0.25) is 0 Å². The summed E-state index contributed by atoms with van der Waals surface area (Å²) in [5.41, 5.74) is 3.50. The van der Waals surface area contributed by atoms with Crippen LogP contribution in [0.25, 0.3) is 0 Å². The quantitative estimate of drug-likeness (QED) is 0.838. The first kappa shape index (κ1) is 15.5. The van der Waals surface area contributed by atoms with Crippen LogP contribution in [0.2, 0.25) is 0 Å². The van der Waals surface area contributed by atoms with Crippen molar-refractivity contribution in [2.75, 3.05) is 13.2 Å². The molecule has 0 bridgehead atoms. The summed E-state index contributed by atoms with van der Waals surface area (Å²) >= 11 is 0. The maximum atomic E-state index is 5.64. The highest BCUT2D eigenvalue weighted by Crippen LogP contribution is 2.24. The fraction of sp³-hybridized carbons (Fsp3) is 0.389. The largest absolute Gasteiger partial charge is 0.494 e. The van der Waals surface area contributed by atoms with Gasteiger partial charge in [0, 0.05) is 6.20 Å². The molecule has 0 aliphatic carbocycles. The van der Waals surface area contributed by atoms with E-state index in [2.05, 4.69) is 49.3 Å². The first-order valence-electron chi connectivity index (χ1n) is 7.64. The van der Waals surface area contributed by atoms with E-state index in [1.54, 1.807) is 0 Å². The van der Waals surface area contributed by atoms with Gasteiger partial charge in [0.1, 0.15) is 5.75 Å². The van der Waals surface area contributed by atoms with Crippen LogP contribution in [-0.2, 0) is 0 Å². The molecule has 1 heterocycles. The lowest BCUT2D eigenvalue weighted by molar-refractivity contribution is 0.317. The second-order valence-corrected chi connectivity index (χ2v) is 5.11. The molecule has 112 valence electrons. The molecule has 0 saturated carbocycles. The molecule has 21 heavy (non-hydrogen) atoms. The topological polar surface area (TPSA) is 34.1 Å². The number of rotatable bonds is 7. The Labute approximate surface area is 127 Å². The molecule has 2 aromatic rings. The normalized spacial score (nSPS) is 12.1. The van der Waals surface area contributed by atoms with E-state index in [0.29, 0.717) is 0 Å². The van der Waals surface area contributed by atoms with Crippen molar-refractivity contribution in [3.8, 4) is 5.75 Å². The van der Waals surface area contributed by atoms with Crippen molar-refractivity contribution >= 4 is 0 Å². The molecule has 0 radical (unpaired) electrons. The molecule has 3 heteroatoms. The maximum Gasteiger partial charge on any atom is 0.119 e. The molecule has 1 aromatic heterocycles. The van der Waals surface area contributed by atoms with Crippen LogP contribution < -0.4 is 10.1 Å². The Balaban J connectivity index is 2.24. The van der Waals surface area contributed by atoms with Crippen LogP contribution in [0.4, 0.5) is 0 Å². The van der Waals surface area contributed by atoms with Crippen molar-refractivity contribution in [3.05, 3.63) is 59.4 Å². The number of nitrogens with one attached hydrogen (secondary N) is 1. The van der Waals surface area contributed by atoms with Crippen molar-refractivity contribution in [1.29, 1.82) is 0 Å². The molecule has 0 fully saturated rings. The van der Waals surface area contributed by atoms with E-state index in [4.69, 9.17) is 4.74 Å². The molecule has 0 aliphatic rings. The molecule has 1 aromatic carbocycles. The van der Waals surface area contributed by atoms with Gasteiger partial charge in [0.05, 0.1) is 18.3 Å². The number of pyridine rings is 1. The van der Waals surface area contributed by atoms with Gasteiger partial charge < -0.3 is 10.1 Å². The summed E-state index contributed by atoms with van der Waals surface area (Å²) in [6.07, 6.45) is 2.88. The molecule has 0 saturated heterocycles. The summed E-state index contributed by atoms with van der Waals surface area (Å²) < 4.78 is 5.64. The van der Waals surface area contributed by atoms with Crippen molar-refractivity contribution < 1.29 is 4.74 Å². The number of aromatic nitrogens is 1. The van der Waals surface area contributed by atoms with Crippen molar-refractivity contribution in [2.24, 2.45) is 0 Å². The minimum Gasteiger partial charge on any atom is -0.494 e. The average Bonchev–Trinajstić information content (AvgIpc) is 2.52. The fourth-order valence-electron chi connectivity index (χ4n) is 2.35. The van der Waals surface area contributed by atoms with E-state index in [-0.39, 0.29) is 6.04 Å². The number of benzene rings is 1. The maximum absolute atomic E-state index is 5.64. The van der Waals surface area contributed by atoms with Crippen LogP contribution in [0, 0.1) is 6.92 Å². The lowest BCUT2D eigenvalue weighted by atomic mass is 10.00. The average molecular weight is 284 g/mol. The summed E-state index contributed by atoms with van der Waals surface area (Å²) in [6, 6.07) is 12.5. The van der Waals surface area contributed by atoms with Gasteiger partial charge in [-0.25, -0.2) is 0 Å². The predicted molar refractivity (Wildman–Crippen MR) is 86.7 cm³/mol. The summed E-state index contributed by atoms with van der Waals surface area (Å²) in [6.45, 7) is 7.99. The molecular weight excluding hydrogens is 260 g/mol. The Bertz CT molecular complexity index is 551. The Hall–Kier alpha value is -1.87. The third kappa shape index (κ3) is 4.05. The van der Waals surface area contributed by atoms with Gasteiger partial charge in [-0.05, 0) is 49.2 Å². The van der Waals surface area contributed by atoms with E-state index < -0.39 is 0 Å². The van der Waals surface area contributed by atoms with E-state index >= 15 is 0 Å². The van der Waals surface area contributed by atoms with E-state index in [1.165, 1.54) is 11.1 Å². The molecule has 2 rings (SSSR count). The van der Waals surface area contributed by atoms with Gasteiger partial charge in [0.15, 0.2) is 0 Å². The van der Waals surface area contributed by atoms with Gasteiger partial charge >= 0.3 is 0 Å². The Morgan fingerprint density at radius 3 is 2.52 bits per heavy atom. The SMILES string of the molecule is CCCOc1ccc(C(NCC)c2ncccc2C)cc1. The first-order chi connectivity index (χ1) is 10.3. The number of nitrogens with zero attached hydrogens (tertiary/aromatic N) is 1. The van der Waals surface area contributed by atoms with Crippen LogP contribution in [0.15, 0.2) is 42.6 Å². The summed E-state index contributed by atoms with van der Waals surface area (Å²) in [7, 11) is 0. The van der Waals surface area contributed by atoms with Crippen LogP contribution in [0.3, 0.4) is 0 Å². The molecule has 1 unspecified atom stereocenters. The highest BCUT2D eigenvalue weighted by molar-refractivity contribution is 5.35. The van der Waals surface area contributed by atoms with Crippen molar-refractivity contribution in [3.63, 3.8) is 0 Å². The third-order valence-electron chi connectivity index (χ3n) is 3.42. The van der Waals surface area contributed by atoms with E-state index in [1.807, 2.05) is 24.4 Å². The molecule has 0 spiro atoms. The minimum atomic E-state index is 0.122. The lowest BCUT2D eigenvalue weighted by Gasteiger charge is -2.20. The van der Waals surface area contributed by atoms with Crippen LogP contribution in [-0.4, -0.2) is 18.1 Å². The van der Waals surface area contributed by atoms with Gasteiger partial charge in [-0.1, -0.05) is 32.0 Å². The Morgan fingerprint density at radius 2 is 1.90 bits per heavy atom. The number of hydrogen-bond donors (Lipinski definition) is 1. The number of hydrogen-bond acceptors (Lipinski definition) is 3. The second kappa shape index (κ2) is 7.79. The Kier molecular flexibility index (Phi) is 5.76. The zero-order chi connectivity index (χ0) is 15.1. The monoisotopic (exact) mass is 284 g/mol. The molecule has 0 amide bonds. The lowest BCUT2D eigenvalue weighted by Crippen LogP contribution is -2.23. The van der Waals surface area contributed by atoms with Gasteiger partial charge in [0.25, 0.3) is 0 Å². The predicted octanol–water partition coefficient (Wildman–Crippen LogP) is 3.88.